The summed E-state index contributed by atoms with van der Waals surface area (Å²) in [5, 5.41) is 6.86. The van der Waals surface area contributed by atoms with E-state index >= 15 is 0 Å². The Bertz CT molecular complexity index is 958. The number of nitrogens with one attached hydrogen (secondary N) is 2. The molecule has 0 aliphatic carbocycles. The zero-order valence-corrected chi connectivity index (χ0v) is 21.2. The summed E-state index contributed by atoms with van der Waals surface area (Å²) >= 11 is 2.18. The van der Waals surface area contributed by atoms with Crippen LogP contribution in [0, 0.1) is 16.4 Å². The van der Waals surface area contributed by atoms with Gasteiger partial charge in [0.1, 0.15) is 6.04 Å². The quantitative estimate of drug-likeness (QED) is 0.262. The summed E-state index contributed by atoms with van der Waals surface area (Å²) in [7, 11) is 1.58. The van der Waals surface area contributed by atoms with Gasteiger partial charge in [-0.25, -0.2) is 5.43 Å². The van der Waals surface area contributed by atoms with Gasteiger partial charge in [0.15, 0.2) is 11.5 Å². The van der Waals surface area contributed by atoms with Gasteiger partial charge in [-0.3, -0.25) is 9.59 Å². The minimum absolute atomic E-state index is 0.115. The number of amides is 2. The van der Waals surface area contributed by atoms with Crippen LogP contribution in [-0.4, -0.2) is 37.8 Å². The molecule has 8 heteroatoms. The molecule has 0 fully saturated rings. The van der Waals surface area contributed by atoms with Gasteiger partial charge < -0.3 is 14.8 Å². The number of benzene rings is 2. The molecule has 32 heavy (non-hydrogen) atoms. The van der Waals surface area contributed by atoms with E-state index in [0.717, 1.165) is 21.1 Å². The van der Waals surface area contributed by atoms with E-state index in [-0.39, 0.29) is 17.7 Å². The number of aryl methyl sites for hydroxylation is 1. The van der Waals surface area contributed by atoms with Gasteiger partial charge in [-0.05, 0) is 71.7 Å². The van der Waals surface area contributed by atoms with Crippen molar-refractivity contribution in [2.24, 2.45) is 11.0 Å². The molecule has 0 heterocycles. The maximum atomic E-state index is 12.7. The lowest BCUT2D eigenvalue weighted by atomic mass is 10.0. The zero-order valence-electron chi connectivity index (χ0n) is 19.1. The number of carbonyl (C=O) groups is 2. The van der Waals surface area contributed by atoms with E-state index in [1.165, 1.54) is 6.21 Å². The molecule has 2 N–H and O–H groups in total. The van der Waals surface area contributed by atoms with Gasteiger partial charge in [0.2, 0.25) is 0 Å². The SMILES string of the molecule is CCCOc1c(I)cc(C=NNC(=O)C(NC(=O)c2ccc(C)cc2)C(C)C)cc1OC. The number of hydrogen-bond donors (Lipinski definition) is 2. The minimum Gasteiger partial charge on any atom is -0.493 e. The van der Waals surface area contributed by atoms with Crippen molar-refractivity contribution in [3.8, 4) is 11.5 Å². The van der Waals surface area contributed by atoms with Gasteiger partial charge in [0, 0.05) is 5.56 Å². The normalized spacial score (nSPS) is 12.0. The highest BCUT2D eigenvalue weighted by molar-refractivity contribution is 14.1. The monoisotopic (exact) mass is 551 g/mol. The second kappa shape index (κ2) is 12.4. The molecule has 2 rings (SSSR count). The third-order valence-electron chi connectivity index (χ3n) is 4.64. The fraction of sp³-hybridized carbons (Fsp3) is 0.375. The number of ether oxygens (including phenoxy) is 2. The molecule has 0 aliphatic heterocycles. The number of hydrazone groups is 1. The van der Waals surface area contributed by atoms with E-state index in [4.69, 9.17) is 9.47 Å². The summed E-state index contributed by atoms with van der Waals surface area (Å²) in [5.74, 6) is 0.486. The van der Waals surface area contributed by atoms with E-state index in [0.29, 0.717) is 23.7 Å². The Morgan fingerprint density at radius 2 is 1.88 bits per heavy atom. The second-order valence-corrected chi connectivity index (χ2v) is 8.84. The van der Waals surface area contributed by atoms with Gasteiger partial charge in [0.05, 0.1) is 23.5 Å². The predicted molar refractivity (Wildman–Crippen MR) is 135 cm³/mol. The minimum atomic E-state index is -0.722. The summed E-state index contributed by atoms with van der Waals surface area (Å²) in [6.45, 7) is 8.32. The van der Waals surface area contributed by atoms with Crippen LogP contribution in [0.1, 0.15) is 48.7 Å². The Morgan fingerprint density at radius 3 is 2.47 bits per heavy atom. The summed E-state index contributed by atoms with van der Waals surface area (Å²) in [6, 6.07) is 10.2. The van der Waals surface area contributed by atoms with Crippen molar-refractivity contribution in [2.75, 3.05) is 13.7 Å². The molecule has 2 aromatic rings. The van der Waals surface area contributed by atoms with Crippen molar-refractivity contribution in [2.45, 2.75) is 40.2 Å². The average Bonchev–Trinajstić information content (AvgIpc) is 2.76. The Kier molecular flexibility index (Phi) is 9.96. The Balaban J connectivity index is 2.07. The summed E-state index contributed by atoms with van der Waals surface area (Å²) in [4.78, 5) is 25.2. The van der Waals surface area contributed by atoms with Crippen LogP contribution >= 0.6 is 22.6 Å². The third kappa shape index (κ3) is 7.22. The first-order valence-electron chi connectivity index (χ1n) is 10.5. The maximum absolute atomic E-state index is 12.7. The molecule has 0 saturated carbocycles. The summed E-state index contributed by atoms with van der Waals surface area (Å²) < 4.78 is 12.1. The topological polar surface area (TPSA) is 89.0 Å². The highest BCUT2D eigenvalue weighted by Crippen LogP contribution is 2.33. The zero-order chi connectivity index (χ0) is 23.7. The molecule has 0 bridgehead atoms. The number of carbonyl (C=O) groups excluding carboxylic acids is 2. The maximum Gasteiger partial charge on any atom is 0.262 e. The Labute approximate surface area is 203 Å². The lowest BCUT2D eigenvalue weighted by molar-refractivity contribution is -0.123. The number of nitrogens with zero attached hydrogens (tertiary/aromatic N) is 1. The Hall–Kier alpha value is -2.62. The van der Waals surface area contributed by atoms with Crippen molar-refractivity contribution >= 4 is 40.6 Å². The van der Waals surface area contributed by atoms with Crippen molar-refractivity contribution in [3.63, 3.8) is 0 Å². The molecule has 0 aromatic heterocycles. The van der Waals surface area contributed by atoms with Crippen LogP contribution < -0.4 is 20.2 Å². The van der Waals surface area contributed by atoms with Gasteiger partial charge in [0.25, 0.3) is 11.8 Å². The molecule has 7 nitrogen and oxygen atoms in total. The lowest BCUT2D eigenvalue weighted by Crippen LogP contribution is -2.48. The van der Waals surface area contributed by atoms with Gasteiger partial charge in [-0.2, -0.15) is 5.10 Å². The van der Waals surface area contributed by atoms with E-state index in [1.807, 2.05) is 45.9 Å². The van der Waals surface area contributed by atoms with E-state index < -0.39 is 6.04 Å². The van der Waals surface area contributed by atoms with Crippen molar-refractivity contribution in [1.82, 2.24) is 10.7 Å². The van der Waals surface area contributed by atoms with Crippen LogP contribution in [0.25, 0.3) is 0 Å². The predicted octanol–water partition coefficient (Wildman–Crippen LogP) is 4.30. The van der Waals surface area contributed by atoms with Gasteiger partial charge in [-0.15, -0.1) is 0 Å². The molecular weight excluding hydrogens is 521 g/mol. The highest BCUT2D eigenvalue weighted by Gasteiger charge is 2.24. The number of hydrogen-bond acceptors (Lipinski definition) is 5. The van der Waals surface area contributed by atoms with E-state index in [2.05, 4.69) is 38.4 Å². The van der Waals surface area contributed by atoms with Crippen molar-refractivity contribution in [3.05, 3.63) is 56.7 Å². The standard InChI is InChI=1S/C24H30IN3O4/c1-6-11-32-22-19(25)12-17(13-20(22)31-5)14-26-28-24(30)21(15(2)3)27-23(29)18-9-7-16(4)8-10-18/h7-10,12-15,21H,6,11H2,1-5H3,(H,27,29)(H,28,30). The molecule has 2 amide bonds. The molecule has 0 aliphatic rings. The molecule has 2 aromatic carbocycles. The molecule has 1 atom stereocenters. The molecule has 172 valence electrons. The summed E-state index contributed by atoms with van der Waals surface area (Å²) in [6.07, 6.45) is 2.43. The smallest absolute Gasteiger partial charge is 0.262 e. The first kappa shape index (κ1) is 25.6. The lowest BCUT2D eigenvalue weighted by Gasteiger charge is -2.20. The van der Waals surface area contributed by atoms with Gasteiger partial charge >= 0.3 is 0 Å². The fourth-order valence-corrected chi connectivity index (χ4v) is 3.64. The van der Waals surface area contributed by atoms with Crippen LogP contribution in [-0.2, 0) is 4.79 Å². The molecular formula is C24H30IN3O4. The average molecular weight is 551 g/mol. The van der Waals surface area contributed by atoms with E-state index in [9.17, 15) is 9.59 Å². The van der Waals surface area contributed by atoms with Crippen LogP contribution in [0.4, 0.5) is 0 Å². The van der Waals surface area contributed by atoms with E-state index in [1.54, 1.807) is 25.3 Å². The highest BCUT2D eigenvalue weighted by atomic mass is 127. The van der Waals surface area contributed by atoms with Gasteiger partial charge in [-0.1, -0.05) is 38.5 Å². The molecule has 0 saturated heterocycles. The third-order valence-corrected chi connectivity index (χ3v) is 5.44. The van der Waals surface area contributed by atoms with Crippen molar-refractivity contribution < 1.29 is 19.1 Å². The summed E-state index contributed by atoms with van der Waals surface area (Å²) in [5.41, 5.74) is 4.84. The van der Waals surface area contributed by atoms with Crippen LogP contribution in [0.3, 0.4) is 0 Å². The van der Waals surface area contributed by atoms with Crippen LogP contribution in [0.15, 0.2) is 41.5 Å². The molecule has 1 unspecified atom stereocenters. The molecule has 0 spiro atoms. The second-order valence-electron chi connectivity index (χ2n) is 7.68. The number of methoxy groups -OCH3 is 1. The molecule has 0 radical (unpaired) electrons. The van der Waals surface area contributed by atoms with Crippen molar-refractivity contribution in [1.29, 1.82) is 0 Å². The first-order chi connectivity index (χ1) is 15.3. The fourth-order valence-electron chi connectivity index (χ4n) is 2.86. The Morgan fingerprint density at radius 1 is 1.19 bits per heavy atom. The van der Waals surface area contributed by atoms with Crippen LogP contribution in [0.5, 0.6) is 11.5 Å². The number of rotatable bonds is 10. The largest absolute Gasteiger partial charge is 0.493 e. The number of halogens is 1. The van der Waals surface area contributed by atoms with Crippen LogP contribution in [0.2, 0.25) is 0 Å². The first-order valence-corrected chi connectivity index (χ1v) is 11.6.